The zero-order chi connectivity index (χ0) is 17.8. The van der Waals surface area contributed by atoms with Gasteiger partial charge in [0.05, 0.1) is 16.9 Å². The largest absolute Gasteiger partial charge is 0.454 e. The summed E-state index contributed by atoms with van der Waals surface area (Å²) >= 11 is 1.32. The molecule has 2 aromatic rings. The van der Waals surface area contributed by atoms with Crippen LogP contribution in [-0.2, 0) is 0 Å². The van der Waals surface area contributed by atoms with Crippen molar-refractivity contribution in [1.29, 1.82) is 5.26 Å². The molecule has 7 heteroatoms. The number of nitrogens with zero attached hydrogens (tertiary/aromatic N) is 3. The fourth-order valence-electron chi connectivity index (χ4n) is 2.59. The molecule has 0 unspecified atom stereocenters. The maximum atomic E-state index is 13.0. The van der Waals surface area contributed by atoms with Crippen molar-refractivity contribution in [1.82, 2.24) is 5.32 Å². The standard InChI is InChI=1S/C18H16N4O2S/c1-3-22-14-6-4-5-7-16(14)24-15-9-8-12(10-13(15)17(22)23)21-18(25-2)20-11-19/h4-10H,3H2,1-2H3,(H,20,21). The molecule has 0 radical (unpaired) electrons. The second-order valence-corrected chi connectivity index (χ2v) is 5.95. The third-order valence-corrected chi connectivity index (χ3v) is 4.30. The van der Waals surface area contributed by atoms with Crippen LogP contribution in [0.25, 0.3) is 0 Å². The number of thioether (sulfide) groups is 1. The van der Waals surface area contributed by atoms with Gasteiger partial charge >= 0.3 is 0 Å². The van der Waals surface area contributed by atoms with E-state index in [4.69, 9.17) is 10.00 Å². The Bertz CT molecular complexity index is 889. The van der Waals surface area contributed by atoms with Crippen LogP contribution < -0.4 is 15.0 Å². The number of aliphatic imine (C=N–C) groups is 1. The van der Waals surface area contributed by atoms with E-state index in [2.05, 4.69) is 10.3 Å². The monoisotopic (exact) mass is 352 g/mol. The molecule has 0 atom stereocenters. The van der Waals surface area contributed by atoms with E-state index >= 15 is 0 Å². The van der Waals surface area contributed by atoms with Crippen molar-refractivity contribution in [2.75, 3.05) is 17.7 Å². The van der Waals surface area contributed by atoms with Gasteiger partial charge in [-0.15, -0.1) is 0 Å². The Morgan fingerprint density at radius 1 is 1.32 bits per heavy atom. The fourth-order valence-corrected chi connectivity index (χ4v) is 2.93. The molecule has 0 saturated carbocycles. The Balaban J connectivity index is 2.07. The number of anilines is 1. The van der Waals surface area contributed by atoms with Crippen LogP contribution in [0.2, 0.25) is 0 Å². The van der Waals surface area contributed by atoms with Gasteiger partial charge in [-0.05, 0) is 43.5 Å². The molecule has 0 saturated heterocycles. The molecule has 2 aromatic carbocycles. The lowest BCUT2D eigenvalue weighted by molar-refractivity contribution is 0.0988. The Morgan fingerprint density at radius 2 is 2.12 bits per heavy atom. The molecule has 6 nitrogen and oxygen atoms in total. The van der Waals surface area contributed by atoms with E-state index < -0.39 is 0 Å². The number of amidine groups is 1. The first-order valence-electron chi connectivity index (χ1n) is 7.68. The minimum atomic E-state index is -0.140. The Morgan fingerprint density at radius 3 is 2.84 bits per heavy atom. The number of carbonyl (C=O) groups is 1. The SMILES string of the molecule is CCN1C(=O)c2cc(N=C(NC#N)SC)ccc2Oc2ccccc21. The number of carbonyl (C=O) groups excluding carboxylic acids is 1. The predicted molar refractivity (Wildman–Crippen MR) is 99.7 cm³/mol. The minimum absolute atomic E-state index is 0.140. The zero-order valence-electron chi connectivity index (χ0n) is 13.8. The lowest BCUT2D eigenvalue weighted by atomic mass is 10.1. The topological polar surface area (TPSA) is 77.7 Å². The van der Waals surface area contributed by atoms with Crippen LogP contribution in [0.4, 0.5) is 11.4 Å². The van der Waals surface area contributed by atoms with Crippen LogP contribution >= 0.6 is 11.8 Å². The smallest absolute Gasteiger partial charge is 0.262 e. The molecule has 0 aliphatic carbocycles. The summed E-state index contributed by atoms with van der Waals surface area (Å²) in [5.41, 5.74) is 1.76. The number of fused-ring (bicyclic) bond motifs is 2. The number of rotatable bonds is 2. The highest BCUT2D eigenvalue weighted by Crippen LogP contribution is 2.39. The maximum Gasteiger partial charge on any atom is 0.262 e. The first-order valence-corrected chi connectivity index (χ1v) is 8.91. The summed E-state index contributed by atoms with van der Waals surface area (Å²) in [5.74, 6) is 0.994. The quantitative estimate of drug-likeness (QED) is 0.384. The molecule has 1 heterocycles. The Kier molecular flexibility index (Phi) is 4.91. The van der Waals surface area contributed by atoms with Gasteiger partial charge in [-0.1, -0.05) is 23.9 Å². The van der Waals surface area contributed by atoms with E-state index in [1.807, 2.05) is 43.6 Å². The van der Waals surface area contributed by atoms with Gasteiger partial charge in [-0.3, -0.25) is 10.1 Å². The van der Waals surface area contributed by atoms with Crippen molar-refractivity contribution in [2.45, 2.75) is 6.92 Å². The highest BCUT2D eigenvalue weighted by Gasteiger charge is 2.27. The number of para-hydroxylation sites is 2. The van der Waals surface area contributed by atoms with E-state index in [1.165, 1.54) is 11.8 Å². The first-order chi connectivity index (χ1) is 12.2. The number of nitriles is 1. The third kappa shape index (κ3) is 3.30. The molecule has 1 N–H and O–H groups in total. The molecule has 0 bridgehead atoms. The first kappa shape index (κ1) is 16.9. The molecule has 1 aliphatic heterocycles. The number of hydrogen-bond acceptors (Lipinski definition) is 5. The summed E-state index contributed by atoms with van der Waals surface area (Å²) in [5, 5.41) is 11.7. The number of nitrogens with one attached hydrogen (secondary N) is 1. The normalized spacial score (nSPS) is 13.2. The highest BCUT2D eigenvalue weighted by atomic mass is 32.2. The van der Waals surface area contributed by atoms with Crippen molar-refractivity contribution in [2.24, 2.45) is 4.99 Å². The lowest BCUT2D eigenvalue weighted by Gasteiger charge is -2.19. The van der Waals surface area contributed by atoms with E-state index in [0.717, 1.165) is 5.69 Å². The number of benzene rings is 2. The number of hydrogen-bond donors (Lipinski definition) is 1. The van der Waals surface area contributed by atoms with Crippen LogP contribution in [0.15, 0.2) is 47.5 Å². The van der Waals surface area contributed by atoms with Crippen molar-refractivity contribution in [3.63, 3.8) is 0 Å². The Hall–Kier alpha value is -2.98. The van der Waals surface area contributed by atoms with E-state index in [9.17, 15) is 4.79 Å². The van der Waals surface area contributed by atoms with Crippen LogP contribution in [0.1, 0.15) is 17.3 Å². The molecule has 1 aliphatic rings. The second kappa shape index (κ2) is 7.28. The average Bonchev–Trinajstić information content (AvgIpc) is 2.75. The van der Waals surface area contributed by atoms with Crippen molar-refractivity contribution < 1.29 is 9.53 Å². The average molecular weight is 352 g/mol. The summed E-state index contributed by atoms with van der Waals surface area (Å²) in [6.45, 7) is 2.45. The number of ether oxygens (including phenoxy) is 1. The van der Waals surface area contributed by atoms with Gasteiger partial charge in [-0.2, -0.15) is 5.26 Å². The highest BCUT2D eigenvalue weighted by molar-refractivity contribution is 8.13. The second-order valence-electron chi connectivity index (χ2n) is 5.16. The molecule has 0 aromatic heterocycles. The van der Waals surface area contributed by atoms with Crippen molar-refractivity contribution in [3.05, 3.63) is 48.0 Å². The van der Waals surface area contributed by atoms with E-state index in [0.29, 0.717) is 34.5 Å². The minimum Gasteiger partial charge on any atom is -0.454 e. The molecule has 25 heavy (non-hydrogen) atoms. The summed E-state index contributed by atoms with van der Waals surface area (Å²) in [7, 11) is 0. The molecule has 1 amide bonds. The summed E-state index contributed by atoms with van der Waals surface area (Å²) in [6, 6.07) is 12.6. The summed E-state index contributed by atoms with van der Waals surface area (Å²) < 4.78 is 5.95. The molecule has 3 rings (SSSR count). The van der Waals surface area contributed by atoms with Crippen LogP contribution in [0.5, 0.6) is 11.5 Å². The Labute approximate surface area is 150 Å². The molecule has 126 valence electrons. The van der Waals surface area contributed by atoms with Gasteiger partial charge in [-0.25, -0.2) is 4.99 Å². The van der Waals surface area contributed by atoms with Gasteiger partial charge in [0.1, 0.15) is 5.75 Å². The maximum absolute atomic E-state index is 13.0. The number of amides is 1. The summed E-state index contributed by atoms with van der Waals surface area (Å²) in [4.78, 5) is 19.0. The molecule has 0 spiro atoms. The molecule has 0 fully saturated rings. The molecular weight excluding hydrogens is 336 g/mol. The predicted octanol–water partition coefficient (Wildman–Crippen LogP) is 3.88. The van der Waals surface area contributed by atoms with Gasteiger partial charge in [0.2, 0.25) is 0 Å². The van der Waals surface area contributed by atoms with Gasteiger partial charge < -0.3 is 9.64 Å². The fraction of sp³-hybridized carbons (Fsp3) is 0.167. The van der Waals surface area contributed by atoms with Gasteiger partial charge in [0.25, 0.3) is 5.91 Å². The van der Waals surface area contributed by atoms with Crippen LogP contribution in [-0.4, -0.2) is 23.9 Å². The zero-order valence-corrected chi connectivity index (χ0v) is 14.6. The van der Waals surface area contributed by atoms with Crippen molar-refractivity contribution in [3.8, 4) is 17.7 Å². The van der Waals surface area contributed by atoms with Crippen molar-refractivity contribution >= 4 is 34.2 Å². The van der Waals surface area contributed by atoms with Crippen LogP contribution in [0, 0.1) is 11.5 Å². The van der Waals surface area contributed by atoms with Gasteiger partial charge in [0.15, 0.2) is 17.1 Å². The van der Waals surface area contributed by atoms with E-state index in [-0.39, 0.29) is 5.91 Å². The van der Waals surface area contributed by atoms with Gasteiger partial charge in [0, 0.05) is 6.54 Å². The summed E-state index contributed by atoms with van der Waals surface area (Å²) in [6.07, 6.45) is 3.66. The lowest BCUT2D eigenvalue weighted by Crippen LogP contribution is -2.29. The van der Waals surface area contributed by atoms with Crippen LogP contribution in [0.3, 0.4) is 0 Å². The van der Waals surface area contributed by atoms with E-state index in [1.54, 1.807) is 23.1 Å². The molecular formula is C18H16N4O2S. The third-order valence-electron chi connectivity index (χ3n) is 3.72.